The van der Waals surface area contributed by atoms with Crippen LogP contribution in [0.1, 0.15) is 56.3 Å². The molecule has 4 nitrogen and oxygen atoms in total. The summed E-state index contributed by atoms with van der Waals surface area (Å²) in [5.74, 6) is 0.204. The normalized spacial score (nSPS) is 28.4. The van der Waals surface area contributed by atoms with Crippen LogP contribution in [0.4, 0.5) is 0 Å². The summed E-state index contributed by atoms with van der Waals surface area (Å²) in [6.07, 6.45) is 7.91. The fourth-order valence-corrected chi connectivity index (χ4v) is 5.17. The quantitative estimate of drug-likeness (QED) is 0.803. The highest BCUT2D eigenvalue weighted by molar-refractivity contribution is 5.80. The maximum absolute atomic E-state index is 13.6. The van der Waals surface area contributed by atoms with E-state index in [1.807, 2.05) is 18.2 Å². The van der Waals surface area contributed by atoms with Crippen molar-refractivity contribution in [1.29, 1.82) is 0 Å². The number of aromatic nitrogens is 1. The first-order chi connectivity index (χ1) is 13.6. The molecule has 28 heavy (non-hydrogen) atoms. The maximum atomic E-state index is 13.6. The number of rotatable bonds is 3. The molecule has 2 aromatic rings. The molecule has 1 aromatic carbocycles. The van der Waals surface area contributed by atoms with Gasteiger partial charge in [-0.1, -0.05) is 49.2 Å². The monoisotopic (exact) mass is 377 g/mol. The third-order valence-corrected chi connectivity index (χ3v) is 6.87. The lowest BCUT2D eigenvalue weighted by atomic mass is 9.84. The second-order valence-corrected chi connectivity index (χ2v) is 8.57. The topological polar surface area (TPSA) is 36.4 Å². The van der Waals surface area contributed by atoms with E-state index >= 15 is 0 Å². The largest absolute Gasteiger partial charge is 0.330 e. The second-order valence-electron chi connectivity index (χ2n) is 8.57. The van der Waals surface area contributed by atoms with E-state index in [-0.39, 0.29) is 23.5 Å². The molecule has 0 saturated carbocycles. The zero-order valence-corrected chi connectivity index (χ0v) is 17.1. The Morgan fingerprint density at radius 3 is 2.64 bits per heavy atom. The number of amides is 1. The van der Waals surface area contributed by atoms with Gasteiger partial charge in [0.25, 0.3) is 0 Å². The minimum atomic E-state index is 0.0146. The fourth-order valence-electron chi connectivity index (χ4n) is 5.17. The number of hydrogen-bond donors (Lipinski definition) is 0. The van der Waals surface area contributed by atoms with Crippen LogP contribution in [-0.2, 0) is 11.2 Å². The number of likely N-dealkylation sites (tertiary alicyclic amines) is 2. The minimum absolute atomic E-state index is 0.0146. The van der Waals surface area contributed by atoms with Crippen LogP contribution < -0.4 is 0 Å². The summed E-state index contributed by atoms with van der Waals surface area (Å²) in [5.41, 5.74) is 2.12. The number of hydrogen-bond acceptors (Lipinski definition) is 3. The molecule has 3 atom stereocenters. The Morgan fingerprint density at radius 2 is 1.89 bits per heavy atom. The van der Waals surface area contributed by atoms with Gasteiger partial charge in [-0.15, -0.1) is 0 Å². The van der Waals surface area contributed by atoms with Gasteiger partial charge in [0.1, 0.15) is 0 Å². The van der Waals surface area contributed by atoms with Gasteiger partial charge in [0.05, 0.1) is 18.5 Å². The Balaban J connectivity index is 1.70. The zero-order valence-electron chi connectivity index (χ0n) is 17.1. The number of nitrogens with zero attached hydrogens (tertiary/aromatic N) is 3. The van der Waals surface area contributed by atoms with E-state index in [1.54, 1.807) is 6.20 Å². The molecule has 0 unspecified atom stereocenters. The smallest absolute Gasteiger partial charge is 0.229 e. The van der Waals surface area contributed by atoms with E-state index in [9.17, 15) is 4.79 Å². The molecule has 0 bridgehead atoms. The molecule has 4 rings (SSSR count). The summed E-state index contributed by atoms with van der Waals surface area (Å²) >= 11 is 0. The van der Waals surface area contributed by atoms with Gasteiger partial charge in [0.2, 0.25) is 5.91 Å². The molecule has 148 valence electrons. The lowest BCUT2D eigenvalue weighted by Gasteiger charge is -2.43. The van der Waals surface area contributed by atoms with Crippen molar-refractivity contribution in [3.8, 4) is 0 Å². The Kier molecular flexibility index (Phi) is 5.49. The highest BCUT2D eigenvalue weighted by Crippen LogP contribution is 2.47. The van der Waals surface area contributed by atoms with Crippen LogP contribution in [-0.4, -0.2) is 45.9 Å². The lowest BCUT2D eigenvalue weighted by Crippen LogP contribution is -2.55. The molecule has 4 heteroatoms. The van der Waals surface area contributed by atoms with E-state index in [4.69, 9.17) is 0 Å². The van der Waals surface area contributed by atoms with Crippen molar-refractivity contribution < 1.29 is 4.79 Å². The molecule has 2 aliphatic heterocycles. The van der Waals surface area contributed by atoms with Gasteiger partial charge in [-0.05, 0) is 57.5 Å². The average molecular weight is 378 g/mol. The fraction of sp³-hybridized carbons (Fsp3) is 0.500. The Bertz CT molecular complexity index is 794. The number of pyridine rings is 1. The first kappa shape index (κ1) is 19.1. The van der Waals surface area contributed by atoms with Crippen molar-refractivity contribution in [2.45, 2.75) is 63.1 Å². The molecule has 2 aliphatic rings. The van der Waals surface area contributed by atoms with Crippen molar-refractivity contribution in [3.63, 3.8) is 0 Å². The molecular weight excluding hydrogens is 346 g/mol. The number of carbonyl (C=O) groups excluding carboxylic acids is 1. The second kappa shape index (κ2) is 8.04. The van der Waals surface area contributed by atoms with Crippen LogP contribution in [0.15, 0.2) is 54.7 Å². The average Bonchev–Trinajstić information content (AvgIpc) is 3.01. The summed E-state index contributed by atoms with van der Waals surface area (Å²) in [4.78, 5) is 22.7. The van der Waals surface area contributed by atoms with E-state index in [0.29, 0.717) is 6.42 Å². The third kappa shape index (κ3) is 3.58. The summed E-state index contributed by atoms with van der Waals surface area (Å²) in [6, 6.07) is 16.8. The van der Waals surface area contributed by atoms with Gasteiger partial charge >= 0.3 is 0 Å². The molecule has 2 fully saturated rings. The Morgan fingerprint density at radius 1 is 1.11 bits per heavy atom. The van der Waals surface area contributed by atoms with Gasteiger partial charge < -0.3 is 4.90 Å². The van der Waals surface area contributed by atoms with Crippen molar-refractivity contribution in [1.82, 2.24) is 14.8 Å². The van der Waals surface area contributed by atoms with Crippen LogP contribution >= 0.6 is 0 Å². The standard InChI is InChI=1S/C24H31N3O/c1-24-18-21(19-11-5-3-6-12-19)27(22(24)14-7-4-10-16-26(24)2)23(28)17-20-13-8-9-15-25-20/h3,5-6,8-9,11-13,15,21-22H,4,7,10,14,16-18H2,1-2H3/t21-,22-,24-/m0/s1. The van der Waals surface area contributed by atoms with Crippen molar-refractivity contribution in [2.24, 2.45) is 0 Å². The molecule has 0 N–H and O–H groups in total. The SMILES string of the molecule is CN1CCCCC[C@@H]2N(C(=O)Cc3ccccn3)[C@H](c3ccccc3)C[C@@]21C. The zero-order chi connectivity index (χ0) is 19.6. The van der Waals surface area contributed by atoms with Gasteiger partial charge in [-0.3, -0.25) is 14.7 Å². The van der Waals surface area contributed by atoms with Gasteiger partial charge in [0.15, 0.2) is 0 Å². The first-order valence-electron chi connectivity index (χ1n) is 10.6. The molecule has 0 spiro atoms. The summed E-state index contributed by atoms with van der Waals surface area (Å²) in [6.45, 7) is 3.48. The number of benzene rings is 1. The van der Waals surface area contributed by atoms with Crippen LogP contribution in [0.25, 0.3) is 0 Å². The van der Waals surface area contributed by atoms with Crippen LogP contribution in [0.2, 0.25) is 0 Å². The molecule has 0 radical (unpaired) electrons. The molecular formula is C24H31N3O. The number of fused-ring (bicyclic) bond motifs is 1. The number of likely N-dealkylation sites (N-methyl/N-ethyl adjacent to an activating group) is 1. The predicted molar refractivity (Wildman–Crippen MR) is 112 cm³/mol. The van der Waals surface area contributed by atoms with Crippen LogP contribution in [0, 0.1) is 0 Å². The molecule has 3 heterocycles. The van der Waals surface area contributed by atoms with Gasteiger partial charge in [0, 0.05) is 17.4 Å². The van der Waals surface area contributed by atoms with Crippen molar-refractivity contribution in [2.75, 3.05) is 13.6 Å². The van der Waals surface area contributed by atoms with Gasteiger partial charge in [-0.25, -0.2) is 0 Å². The van der Waals surface area contributed by atoms with E-state index in [2.05, 4.69) is 59.1 Å². The van der Waals surface area contributed by atoms with E-state index < -0.39 is 0 Å². The Hall–Kier alpha value is -2.20. The highest BCUT2D eigenvalue weighted by Gasteiger charge is 2.53. The van der Waals surface area contributed by atoms with E-state index in [1.165, 1.54) is 24.8 Å². The highest BCUT2D eigenvalue weighted by atomic mass is 16.2. The molecule has 1 aromatic heterocycles. The van der Waals surface area contributed by atoms with E-state index in [0.717, 1.165) is 25.1 Å². The lowest BCUT2D eigenvalue weighted by molar-refractivity contribution is -0.135. The van der Waals surface area contributed by atoms with Crippen LogP contribution in [0.5, 0.6) is 0 Å². The summed E-state index contributed by atoms with van der Waals surface area (Å²) in [7, 11) is 2.24. The molecule has 1 amide bonds. The first-order valence-corrected chi connectivity index (χ1v) is 10.6. The third-order valence-electron chi connectivity index (χ3n) is 6.87. The minimum Gasteiger partial charge on any atom is -0.330 e. The van der Waals surface area contributed by atoms with Crippen LogP contribution in [0.3, 0.4) is 0 Å². The summed E-state index contributed by atoms with van der Waals surface area (Å²) in [5, 5.41) is 0. The Labute approximate surface area is 168 Å². The summed E-state index contributed by atoms with van der Waals surface area (Å²) < 4.78 is 0. The molecule has 0 aliphatic carbocycles. The van der Waals surface area contributed by atoms with Gasteiger partial charge in [-0.2, -0.15) is 0 Å². The predicted octanol–water partition coefficient (Wildman–Crippen LogP) is 4.23. The molecule has 2 saturated heterocycles. The van der Waals surface area contributed by atoms with Crippen molar-refractivity contribution >= 4 is 5.91 Å². The number of carbonyl (C=O) groups is 1. The maximum Gasteiger partial charge on any atom is 0.229 e. The van der Waals surface area contributed by atoms with Crippen molar-refractivity contribution in [3.05, 3.63) is 66.0 Å².